The Hall–Kier alpha value is -3.54. The van der Waals surface area contributed by atoms with E-state index in [9.17, 15) is 24.3 Å². The second kappa shape index (κ2) is 16.7. The lowest BCUT2D eigenvalue weighted by Gasteiger charge is -2.26. The van der Waals surface area contributed by atoms with Gasteiger partial charge in [0.15, 0.2) is 11.5 Å². The van der Waals surface area contributed by atoms with Crippen LogP contribution in [0.4, 0.5) is 14.4 Å². The van der Waals surface area contributed by atoms with Crippen LogP contribution in [0, 0.1) is 11.8 Å². The van der Waals surface area contributed by atoms with Crippen LogP contribution in [0.1, 0.15) is 86.1 Å². The lowest BCUT2D eigenvalue weighted by Crippen LogP contribution is -2.38. The molecule has 41 heavy (non-hydrogen) atoms. The van der Waals surface area contributed by atoms with Gasteiger partial charge in [-0.2, -0.15) is 0 Å². The monoisotopic (exact) mass is 583 g/mol. The van der Waals surface area contributed by atoms with Crippen LogP contribution in [0.15, 0.2) is 18.2 Å². The van der Waals surface area contributed by atoms with Gasteiger partial charge in [-0.1, -0.05) is 46.6 Å². The average Bonchev–Trinajstić information content (AvgIpc) is 2.88. The molecule has 0 aliphatic rings. The summed E-state index contributed by atoms with van der Waals surface area (Å²) in [5.41, 5.74) is 5.55. The summed E-state index contributed by atoms with van der Waals surface area (Å²) < 4.78 is 31.4. The zero-order valence-electron chi connectivity index (χ0n) is 25.3. The van der Waals surface area contributed by atoms with Crippen molar-refractivity contribution in [3.8, 4) is 11.5 Å². The van der Waals surface area contributed by atoms with Gasteiger partial charge < -0.3 is 39.3 Å². The molecule has 1 rings (SSSR count). The van der Waals surface area contributed by atoms with Crippen molar-refractivity contribution in [3.05, 3.63) is 23.8 Å². The molecule has 5 atom stereocenters. The van der Waals surface area contributed by atoms with E-state index in [-0.39, 0.29) is 43.0 Å². The zero-order chi connectivity index (χ0) is 31.3. The molecule has 0 aliphatic carbocycles. The lowest BCUT2D eigenvalue weighted by atomic mass is 9.87. The zero-order valence-corrected chi connectivity index (χ0v) is 25.3. The first-order valence-electron chi connectivity index (χ1n) is 13.8. The Morgan fingerprint density at radius 1 is 0.854 bits per heavy atom. The van der Waals surface area contributed by atoms with E-state index >= 15 is 0 Å². The van der Waals surface area contributed by atoms with Gasteiger partial charge in [0, 0.05) is 5.92 Å². The number of nitrogens with two attached hydrogens (primary N) is 1. The van der Waals surface area contributed by atoms with E-state index in [1.54, 1.807) is 27.7 Å². The maximum Gasteiger partial charge on any atom is 0.513 e. The second-order valence-corrected chi connectivity index (χ2v) is 11.2. The number of rotatable bonds is 14. The van der Waals surface area contributed by atoms with Crippen molar-refractivity contribution in [2.45, 2.75) is 98.3 Å². The molecule has 4 unspecified atom stereocenters. The predicted molar refractivity (Wildman–Crippen MR) is 149 cm³/mol. The Bertz CT molecular complexity index is 1020. The molecule has 0 heterocycles. The summed E-state index contributed by atoms with van der Waals surface area (Å²) in [5.74, 6) is -2.37. The van der Waals surface area contributed by atoms with Crippen molar-refractivity contribution in [2.24, 2.45) is 17.6 Å². The number of hydrogen-bond donors (Lipinski definition) is 2. The summed E-state index contributed by atoms with van der Waals surface area (Å²) >= 11 is 0. The highest BCUT2D eigenvalue weighted by molar-refractivity contribution is 5.75. The number of aliphatic carboxylic acids is 1. The first kappa shape index (κ1) is 35.5. The first-order chi connectivity index (χ1) is 19.1. The number of hydrogen-bond acceptors (Lipinski definition) is 11. The predicted octanol–water partition coefficient (Wildman–Crippen LogP) is 6.04. The van der Waals surface area contributed by atoms with Crippen molar-refractivity contribution in [1.82, 2.24) is 0 Å². The van der Waals surface area contributed by atoms with Crippen molar-refractivity contribution < 1.29 is 52.7 Å². The minimum atomic E-state index is -1.42. The van der Waals surface area contributed by atoms with E-state index in [4.69, 9.17) is 34.2 Å². The number of ether oxygens (including phenoxy) is 6. The maximum absolute atomic E-state index is 12.5. The number of benzene rings is 1. The minimum Gasteiger partial charge on any atom is -0.480 e. The molecular weight excluding hydrogens is 538 g/mol. The maximum atomic E-state index is 12.5. The van der Waals surface area contributed by atoms with E-state index in [0.29, 0.717) is 5.56 Å². The molecule has 0 aromatic heterocycles. The summed E-state index contributed by atoms with van der Waals surface area (Å²) in [6.07, 6.45) is -2.20. The van der Waals surface area contributed by atoms with E-state index in [2.05, 4.69) is 0 Å². The third-order valence-electron chi connectivity index (χ3n) is 6.14. The number of carbonyl (C=O) groups is 4. The average molecular weight is 584 g/mol. The van der Waals surface area contributed by atoms with Crippen molar-refractivity contribution >= 4 is 24.4 Å². The molecule has 0 fully saturated rings. The summed E-state index contributed by atoms with van der Waals surface area (Å²) in [6.45, 7) is 14.5. The van der Waals surface area contributed by atoms with Gasteiger partial charge in [-0.25, -0.2) is 14.4 Å². The molecule has 0 spiro atoms. The molecule has 12 nitrogen and oxygen atoms in total. The standard InChI is InChI=1S/C29H45NO11/c1-9-17(3)15-36-26(33)39-22-12-11-20(14-23(22)40-27(34)37-16-18(4)10-2)21(24(30)25(31)32)13-19(5)38-28(35)41-29(6,7)8/h11-12,14,17-19,21,24H,9-10,13,15-16,30H2,1-8H3,(H,31,32)/t17?,18?,19?,21?,24-/m0/s1. The molecule has 1 aromatic rings. The molecule has 0 saturated carbocycles. The Morgan fingerprint density at radius 3 is 1.83 bits per heavy atom. The Morgan fingerprint density at radius 2 is 1.37 bits per heavy atom. The smallest absolute Gasteiger partial charge is 0.480 e. The number of carbonyl (C=O) groups excluding carboxylic acids is 3. The SMILES string of the molecule is CCC(C)COC(=O)Oc1ccc(C(CC(C)OC(=O)OC(C)(C)C)[C@H](N)C(=O)O)cc1OC(=O)OCC(C)CC. The van der Waals surface area contributed by atoms with Crippen LogP contribution in [-0.4, -0.2) is 60.5 Å². The largest absolute Gasteiger partial charge is 0.513 e. The van der Waals surface area contributed by atoms with Crippen LogP contribution in [0.2, 0.25) is 0 Å². The van der Waals surface area contributed by atoms with Crippen LogP contribution >= 0.6 is 0 Å². The molecule has 1 aromatic carbocycles. The summed E-state index contributed by atoms with van der Waals surface area (Å²) in [7, 11) is 0. The highest BCUT2D eigenvalue weighted by Crippen LogP contribution is 2.35. The molecule has 12 heteroatoms. The van der Waals surface area contributed by atoms with Crippen LogP contribution in [0.25, 0.3) is 0 Å². The third kappa shape index (κ3) is 13.6. The van der Waals surface area contributed by atoms with E-state index in [0.717, 1.165) is 12.8 Å². The van der Waals surface area contributed by atoms with Gasteiger partial charge in [0.25, 0.3) is 0 Å². The van der Waals surface area contributed by atoms with E-state index in [1.807, 2.05) is 27.7 Å². The quantitative estimate of drug-likeness (QED) is 0.148. The van der Waals surface area contributed by atoms with Crippen LogP contribution in [-0.2, 0) is 23.7 Å². The second-order valence-electron chi connectivity index (χ2n) is 11.2. The molecule has 0 amide bonds. The highest BCUT2D eigenvalue weighted by Gasteiger charge is 2.31. The Balaban J connectivity index is 3.30. The molecular formula is C29H45NO11. The number of carboxylic acids is 1. The van der Waals surface area contributed by atoms with Gasteiger partial charge >= 0.3 is 24.4 Å². The van der Waals surface area contributed by atoms with Gasteiger partial charge in [0.2, 0.25) is 0 Å². The van der Waals surface area contributed by atoms with Gasteiger partial charge in [-0.05, 0) is 63.6 Å². The third-order valence-corrected chi connectivity index (χ3v) is 6.14. The Kier molecular flexibility index (Phi) is 14.4. The van der Waals surface area contributed by atoms with Gasteiger partial charge in [0.1, 0.15) is 17.7 Å². The summed E-state index contributed by atoms with van der Waals surface area (Å²) in [5, 5.41) is 9.67. The fraction of sp³-hybridized carbons (Fsp3) is 0.655. The molecule has 0 aliphatic heterocycles. The first-order valence-corrected chi connectivity index (χ1v) is 13.8. The van der Waals surface area contributed by atoms with Gasteiger partial charge in [0.05, 0.1) is 13.2 Å². The van der Waals surface area contributed by atoms with E-state index < -0.39 is 48.1 Å². The fourth-order valence-electron chi connectivity index (χ4n) is 3.32. The van der Waals surface area contributed by atoms with E-state index in [1.165, 1.54) is 18.2 Å². The van der Waals surface area contributed by atoms with Crippen LogP contribution in [0.3, 0.4) is 0 Å². The summed E-state index contributed by atoms with van der Waals surface area (Å²) in [6, 6.07) is 2.72. The molecule has 0 saturated heterocycles. The van der Waals surface area contributed by atoms with Crippen LogP contribution < -0.4 is 15.2 Å². The van der Waals surface area contributed by atoms with Gasteiger partial charge in [-0.15, -0.1) is 0 Å². The highest BCUT2D eigenvalue weighted by atomic mass is 16.7. The van der Waals surface area contributed by atoms with Crippen molar-refractivity contribution in [1.29, 1.82) is 0 Å². The van der Waals surface area contributed by atoms with Crippen molar-refractivity contribution in [2.75, 3.05) is 13.2 Å². The Labute approximate surface area is 241 Å². The summed E-state index contributed by atoms with van der Waals surface area (Å²) in [4.78, 5) is 48.8. The fourth-order valence-corrected chi connectivity index (χ4v) is 3.32. The lowest BCUT2D eigenvalue weighted by molar-refractivity contribution is -0.139. The van der Waals surface area contributed by atoms with Gasteiger partial charge in [-0.3, -0.25) is 4.79 Å². The minimum absolute atomic E-state index is 0.0121. The van der Waals surface area contributed by atoms with Crippen LogP contribution in [0.5, 0.6) is 11.5 Å². The normalized spacial score (nSPS) is 15.0. The number of carboxylic acid groups (broad SMARTS) is 1. The molecule has 3 N–H and O–H groups in total. The molecule has 0 radical (unpaired) electrons. The topological polar surface area (TPSA) is 170 Å². The molecule has 232 valence electrons. The van der Waals surface area contributed by atoms with Crippen molar-refractivity contribution in [3.63, 3.8) is 0 Å². The molecule has 0 bridgehead atoms.